The fourth-order valence-electron chi connectivity index (χ4n) is 4.41. The van der Waals surface area contributed by atoms with Crippen LogP contribution in [0.5, 0.6) is 0 Å². The number of fused-ring (bicyclic) bond motifs is 1. The molecule has 1 aliphatic carbocycles. The van der Waals surface area contributed by atoms with E-state index in [4.69, 9.17) is 11.6 Å². The number of para-hydroxylation sites is 1. The first kappa shape index (κ1) is 23.1. The Hall–Kier alpha value is -2.05. The molecule has 0 spiro atoms. The Bertz CT molecular complexity index is 1010. The van der Waals surface area contributed by atoms with E-state index in [0.29, 0.717) is 11.5 Å². The minimum Gasteiger partial charge on any atom is -0.353 e. The van der Waals surface area contributed by atoms with E-state index in [1.165, 1.54) is 23.9 Å². The molecule has 2 aromatic carbocycles. The van der Waals surface area contributed by atoms with Gasteiger partial charge < -0.3 is 10.2 Å². The first-order valence-corrected chi connectivity index (χ1v) is 12.4. The Balaban J connectivity index is 1.54. The van der Waals surface area contributed by atoms with E-state index >= 15 is 0 Å². The molecular formula is C25H28ClFN2O2S. The molecule has 0 saturated heterocycles. The molecule has 2 atom stereocenters. The van der Waals surface area contributed by atoms with Crippen LogP contribution in [0.4, 0.5) is 10.1 Å². The maximum atomic E-state index is 13.6. The summed E-state index contributed by atoms with van der Waals surface area (Å²) in [4.78, 5) is 29.2. The van der Waals surface area contributed by atoms with E-state index in [-0.39, 0.29) is 29.4 Å². The number of amides is 2. The zero-order chi connectivity index (χ0) is 22.8. The van der Waals surface area contributed by atoms with Gasteiger partial charge in [0.2, 0.25) is 11.8 Å². The van der Waals surface area contributed by atoms with Crippen molar-refractivity contribution in [3.63, 3.8) is 0 Å². The summed E-state index contributed by atoms with van der Waals surface area (Å²) < 4.78 is 13.5. The van der Waals surface area contributed by atoms with E-state index in [1.807, 2.05) is 31.2 Å². The summed E-state index contributed by atoms with van der Waals surface area (Å²) in [6, 6.07) is 12.0. The summed E-state index contributed by atoms with van der Waals surface area (Å²) >= 11 is 7.68. The van der Waals surface area contributed by atoms with Crippen molar-refractivity contribution in [2.24, 2.45) is 11.8 Å². The van der Waals surface area contributed by atoms with Crippen LogP contribution < -0.4 is 10.2 Å². The maximum absolute atomic E-state index is 13.6. The van der Waals surface area contributed by atoms with E-state index in [9.17, 15) is 14.0 Å². The van der Waals surface area contributed by atoms with E-state index in [2.05, 4.69) is 12.2 Å². The van der Waals surface area contributed by atoms with Gasteiger partial charge >= 0.3 is 0 Å². The van der Waals surface area contributed by atoms with Gasteiger partial charge in [0.15, 0.2) is 0 Å². The molecule has 1 aliphatic heterocycles. The highest BCUT2D eigenvalue weighted by molar-refractivity contribution is 8.01. The number of carbonyl (C=O) groups is 2. The lowest BCUT2D eigenvalue weighted by Crippen LogP contribution is -2.49. The quantitative estimate of drug-likeness (QED) is 0.594. The summed E-state index contributed by atoms with van der Waals surface area (Å²) in [5.41, 5.74) is 1.45. The zero-order valence-corrected chi connectivity index (χ0v) is 19.9. The maximum Gasteiger partial charge on any atom is 0.241 e. The van der Waals surface area contributed by atoms with Gasteiger partial charge in [-0.2, -0.15) is 0 Å². The third kappa shape index (κ3) is 4.96. The van der Waals surface area contributed by atoms with Crippen molar-refractivity contribution in [2.45, 2.75) is 62.3 Å². The second-order valence-corrected chi connectivity index (χ2v) is 10.5. The van der Waals surface area contributed by atoms with Gasteiger partial charge in [0.1, 0.15) is 11.1 Å². The van der Waals surface area contributed by atoms with Crippen LogP contribution in [0, 0.1) is 17.7 Å². The lowest BCUT2D eigenvalue weighted by Gasteiger charge is -2.36. The van der Waals surface area contributed by atoms with Crippen LogP contribution in [0.3, 0.4) is 0 Å². The number of rotatable bonds is 5. The fourth-order valence-corrected chi connectivity index (χ4v) is 5.93. The number of nitrogens with zero attached hydrogens (tertiary/aromatic N) is 1. The standard InChI is InChI=1S/C25H28ClFN2O2S/c1-15-7-11-19(12-8-15)28-24(30)16(2)23-25(31)29(21-5-3-4-6-22(21)32-23)14-17-9-10-18(27)13-20(17)26/h3-6,9-10,13,15-16,19,23H,7-8,11-12,14H2,1-2H3,(H,28,30)/t15?,16-,19?,23-/m0/s1. The molecule has 1 heterocycles. The van der Waals surface area contributed by atoms with Crippen molar-refractivity contribution >= 4 is 40.9 Å². The van der Waals surface area contributed by atoms with Crippen LogP contribution in [0.25, 0.3) is 0 Å². The molecule has 0 unspecified atom stereocenters. The normalized spacial score (nSPS) is 24.1. The summed E-state index contributed by atoms with van der Waals surface area (Å²) in [6.45, 7) is 4.30. The van der Waals surface area contributed by atoms with Gasteiger partial charge in [-0.25, -0.2) is 4.39 Å². The Morgan fingerprint density at radius 1 is 1.22 bits per heavy atom. The van der Waals surface area contributed by atoms with Gasteiger partial charge in [0.25, 0.3) is 0 Å². The molecule has 7 heteroatoms. The van der Waals surface area contributed by atoms with Gasteiger partial charge in [-0.1, -0.05) is 43.6 Å². The van der Waals surface area contributed by atoms with Gasteiger partial charge in [-0.05, 0) is 61.4 Å². The van der Waals surface area contributed by atoms with Crippen LogP contribution in [0.1, 0.15) is 45.1 Å². The average molecular weight is 475 g/mol. The molecule has 0 aromatic heterocycles. The second kappa shape index (κ2) is 9.84. The molecule has 0 radical (unpaired) electrons. The molecule has 1 saturated carbocycles. The predicted octanol–water partition coefficient (Wildman–Crippen LogP) is 5.82. The molecule has 2 amide bonds. The van der Waals surface area contributed by atoms with Crippen molar-refractivity contribution in [1.29, 1.82) is 0 Å². The number of benzene rings is 2. The third-order valence-corrected chi connectivity index (χ3v) is 8.31. The average Bonchev–Trinajstić information content (AvgIpc) is 2.78. The number of hydrogen-bond acceptors (Lipinski definition) is 3. The Labute approximate surface area is 197 Å². The Kier molecular flexibility index (Phi) is 7.11. The number of halogens is 2. The van der Waals surface area contributed by atoms with E-state index in [1.54, 1.807) is 11.0 Å². The molecule has 2 aliphatic rings. The molecular weight excluding hydrogens is 447 g/mol. The highest BCUT2D eigenvalue weighted by atomic mass is 35.5. The molecule has 170 valence electrons. The van der Waals surface area contributed by atoms with E-state index in [0.717, 1.165) is 36.3 Å². The minimum atomic E-state index is -0.536. The van der Waals surface area contributed by atoms with Crippen LogP contribution in [0.2, 0.25) is 5.02 Å². The van der Waals surface area contributed by atoms with Gasteiger partial charge in [-0.3, -0.25) is 9.59 Å². The summed E-state index contributed by atoms with van der Waals surface area (Å²) in [7, 11) is 0. The highest BCUT2D eigenvalue weighted by Gasteiger charge is 2.40. The van der Waals surface area contributed by atoms with E-state index < -0.39 is 17.0 Å². The second-order valence-electron chi connectivity index (χ2n) is 8.92. The van der Waals surface area contributed by atoms with Crippen molar-refractivity contribution < 1.29 is 14.0 Å². The van der Waals surface area contributed by atoms with Crippen LogP contribution in [0.15, 0.2) is 47.4 Å². The summed E-state index contributed by atoms with van der Waals surface area (Å²) in [5, 5.41) is 2.92. The molecule has 2 aromatic rings. The van der Waals surface area contributed by atoms with Gasteiger partial charge in [-0.15, -0.1) is 11.8 Å². The molecule has 1 N–H and O–H groups in total. The van der Waals surface area contributed by atoms with Crippen molar-refractivity contribution in [2.75, 3.05) is 4.90 Å². The fraction of sp³-hybridized carbons (Fsp3) is 0.440. The number of carbonyl (C=O) groups excluding carboxylic acids is 2. The smallest absolute Gasteiger partial charge is 0.241 e. The number of thioether (sulfide) groups is 1. The Morgan fingerprint density at radius 3 is 2.66 bits per heavy atom. The van der Waals surface area contributed by atoms with Gasteiger partial charge in [0, 0.05) is 16.0 Å². The number of nitrogens with one attached hydrogen (secondary N) is 1. The molecule has 4 nitrogen and oxygen atoms in total. The van der Waals surface area contributed by atoms with Crippen molar-refractivity contribution in [3.8, 4) is 0 Å². The SMILES string of the molecule is CC1CCC(NC(=O)[C@@H](C)[C@@H]2Sc3ccccc3N(Cc3ccc(F)cc3Cl)C2=O)CC1. The monoisotopic (exact) mass is 474 g/mol. The Morgan fingerprint density at radius 2 is 1.94 bits per heavy atom. The topological polar surface area (TPSA) is 49.4 Å². The van der Waals surface area contributed by atoms with Crippen LogP contribution in [-0.4, -0.2) is 23.1 Å². The zero-order valence-electron chi connectivity index (χ0n) is 18.3. The summed E-state index contributed by atoms with van der Waals surface area (Å²) in [6.07, 6.45) is 4.22. The number of anilines is 1. The highest BCUT2D eigenvalue weighted by Crippen LogP contribution is 2.42. The third-order valence-electron chi connectivity index (χ3n) is 6.49. The van der Waals surface area contributed by atoms with Gasteiger partial charge in [0.05, 0.1) is 18.2 Å². The molecule has 4 rings (SSSR count). The molecule has 32 heavy (non-hydrogen) atoms. The molecule has 0 bridgehead atoms. The van der Waals surface area contributed by atoms with Crippen molar-refractivity contribution in [1.82, 2.24) is 5.32 Å². The lowest BCUT2D eigenvalue weighted by molar-refractivity contribution is -0.129. The van der Waals surface area contributed by atoms with Crippen LogP contribution in [-0.2, 0) is 16.1 Å². The first-order chi connectivity index (χ1) is 15.3. The van der Waals surface area contributed by atoms with Crippen LogP contribution >= 0.6 is 23.4 Å². The largest absolute Gasteiger partial charge is 0.353 e. The molecule has 1 fully saturated rings. The summed E-state index contributed by atoms with van der Waals surface area (Å²) in [5.74, 6) is -0.394. The first-order valence-electron chi connectivity index (χ1n) is 11.1. The lowest BCUT2D eigenvalue weighted by atomic mass is 9.87. The van der Waals surface area contributed by atoms with Crippen molar-refractivity contribution in [3.05, 3.63) is 58.9 Å². The predicted molar refractivity (Wildman–Crippen MR) is 127 cm³/mol. The minimum absolute atomic E-state index is 0.0745. The number of hydrogen-bond donors (Lipinski definition) is 1.